The second-order valence-corrected chi connectivity index (χ2v) is 3.56. The molecule has 1 aromatic carbocycles. The molecule has 17 heavy (non-hydrogen) atoms. The van der Waals surface area contributed by atoms with Gasteiger partial charge in [-0.15, -0.1) is 0 Å². The third-order valence-electron chi connectivity index (χ3n) is 2.21. The van der Waals surface area contributed by atoms with E-state index in [9.17, 15) is 0 Å². The molecule has 3 N–H and O–H groups in total. The van der Waals surface area contributed by atoms with Crippen molar-refractivity contribution in [3.63, 3.8) is 0 Å². The first-order valence-corrected chi connectivity index (χ1v) is 5.49. The van der Waals surface area contributed by atoms with Gasteiger partial charge in [0.1, 0.15) is 11.6 Å². The van der Waals surface area contributed by atoms with Crippen LogP contribution in [0.3, 0.4) is 0 Å². The average molecular weight is 229 g/mol. The molecule has 2 aromatic rings. The largest absolute Gasteiger partial charge is 0.494 e. The number of hydrogen-bond acceptors (Lipinski definition) is 4. The van der Waals surface area contributed by atoms with Crippen LogP contribution in [0, 0.1) is 0 Å². The van der Waals surface area contributed by atoms with Crippen molar-refractivity contribution in [3.05, 3.63) is 42.6 Å². The molecule has 0 atom stereocenters. The minimum Gasteiger partial charge on any atom is -0.494 e. The Labute approximate surface area is 100 Å². The quantitative estimate of drug-likeness (QED) is 0.846. The van der Waals surface area contributed by atoms with Gasteiger partial charge in [0.05, 0.1) is 6.61 Å². The van der Waals surface area contributed by atoms with E-state index in [0.29, 0.717) is 12.4 Å². The molecule has 0 unspecified atom stereocenters. The van der Waals surface area contributed by atoms with Gasteiger partial charge in [0, 0.05) is 29.7 Å². The van der Waals surface area contributed by atoms with Crippen molar-refractivity contribution in [2.75, 3.05) is 17.7 Å². The maximum Gasteiger partial charge on any atom is 0.125 e. The molecule has 0 fully saturated rings. The Morgan fingerprint density at radius 1 is 1.24 bits per heavy atom. The number of ether oxygens (including phenoxy) is 1. The lowest BCUT2D eigenvalue weighted by molar-refractivity contribution is 0.340. The van der Waals surface area contributed by atoms with E-state index >= 15 is 0 Å². The molecular formula is C13H15N3O. The summed E-state index contributed by atoms with van der Waals surface area (Å²) in [6.07, 6.45) is 1.67. The fourth-order valence-electron chi connectivity index (χ4n) is 1.52. The molecule has 0 saturated heterocycles. The first-order valence-electron chi connectivity index (χ1n) is 5.49. The van der Waals surface area contributed by atoms with E-state index in [0.717, 1.165) is 17.1 Å². The summed E-state index contributed by atoms with van der Waals surface area (Å²) in [5.41, 5.74) is 7.48. The van der Waals surface area contributed by atoms with Gasteiger partial charge in [-0.25, -0.2) is 4.98 Å². The summed E-state index contributed by atoms with van der Waals surface area (Å²) in [4.78, 5) is 3.94. The maximum atomic E-state index is 5.61. The first-order chi connectivity index (χ1) is 8.28. The van der Waals surface area contributed by atoms with E-state index in [1.807, 2.05) is 37.3 Å². The van der Waals surface area contributed by atoms with Crippen LogP contribution < -0.4 is 15.8 Å². The van der Waals surface area contributed by atoms with E-state index < -0.39 is 0 Å². The zero-order chi connectivity index (χ0) is 12.1. The third-order valence-corrected chi connectivity index (χ3v) is 2.21. The second kappa shape index (κ2) is 5.21. The fraction of sp³-hybridized carbons (Fsp3) is 0.154. The average Bonchev–Trinajstić information content (AvgIpc) is 2.30. The van der Waals surface area contributed by atoms with Crippen molar-refractivity contribution in [3.8, 4) is 5.75 Å². The molecule has 1 heterocycles. The number of benzene rings is 1. The summed E-state index contributed by atoms with van der Waals surface area (Å²) in [6.45, 7) is 2.62. The summed E-state index contributed by atoms with van der Waals surface area (Å²) in [5, 5.41) is 3.24. The number of hydrogen-bond donors (Lipinski definition) is 2. The smallest absolute Gasteiger partial charge is 0.125 e. The maximum absolute atomic E-state index is 5.61. The van der Waals surface area contributed by atoms with E-state index in [2.05, 4.69) is 10.3 Å². The number of pyridine rings is 1. The highest BCUT2D eigenvalue weighted by molar-refractivity contribution is 5.62. The van der Waals surface area contributed by atoms with Crippen LogP contribution in [0.25, 0.3) is 0 Å². The standard InChI is InChI=1S/C13H15N3O/c1-2-17-12-5-3-4-10(8-12)16-11-6-7-15-13(14)9-11/h3-9H,2H2,1H3,(H3,14,15,16). The predicted octanol–water partition coefficient (Wildman–Crippen LogP) is 2.81. The minimum absolute atomic E-state index is 0.496. The molecule has 2 rings (SSSR count). The molecule has 0 aliphatic carbocycles. The summed E-state index contributed by atoms with van der Waals surface area (Å²) in [7, 11) is 0. The molecule has 1 aromatic heterocycles. The Morgan fingerprint density at radius 3 is 2.82 bits per heavy atom. The van der Waals surface area contributed by atoms with Gasteiger partial charge in [-0.05, 0) is 25.1 Å². The zero-order valence-corrected chi connectivity index (χ0v) is 9.68. The first kappa shape index (κ1) is 11.3. The van der Waals surface area contributed by atoms with Crippen molar-refractivity contribution in [1.82, 2.24) is 4.98 Å². The highest BCUT2D eigenvalue weighted by Gasteiger charge is 1.98. The van der Waals surface area contributed by atoms with Gasteiger partial charge in [0.15, 0.2) is 0 Å². The number of anilines is 3. The Balaban J connectivity index is 2.15. The van der Waals surface area contributed by atoms with Crippen molar-refractivity contribution < 1.29 is 4.74 Å². The van der Waals surface area contributed by atoms with E-state index in [1.165, 1.54) is 0 Å². The van der Waals surface area contributed by atoms with Crippen LogP contribution in [0.1, 0.15) is 6.92 Å². The van der Waals surface area contributed by atoms with Crippen LogP contribution in [-0.4, -0.2) is 11.6 Å². The monoisotopic (exact) mass is 229 g/mol. The molecule has 0 aliphatic rings. The SMILES string of the molecule is CCOc1cccc(Nc2ccnc(N)c2)c1. The zero-order valence-electron chi connectivity index (χ0n) is 9.68. The van der Waals surface area contributed by atoms with Crippen molar-refractivity contribution in [2.24, 2.45) is 0 Å². The van der Waals surface area contributed by atoms with Crippen LogP contribution in [0.2, 0.25) is 0 Å². The van der Waals surface area contributed by atoms with E-state index in [4.69, 9.17) is 10.5 Å². The molecule has 0 aliphatic heterocycles. The van der Waals surface area contributed by atoms with Gasteiger partial charge in [-0.1, -0.05) is 6.07 Å². The topological polar surface area (TPSA) is 60.2 Å². The molecule has 0 bridgehead atoms. The predicted molar refractivity (Wildman–Crippen MR) is 69.5 cm³/mol. The lowest BCUT2D eigenvalue weighted by Gasteiger charge is -2.09. The fourth-order valence-corrected chi connectivity index (χ4v) is 1.52. The highest BCUT2D eigenvalue weighted by atomic mass is 16.5. The van der Waals surface area contributed by atoms with Crippen molar-refractivity contribution >= 4 is 17.2 Å². The van der Waals surface area contributed by atoms with E-state index in [1.54, 1.807) is 12.3 Å². The third kappa shape index (κ3) is 3.11. The van der Waals surface area contributed by atoms with Crippen LogP contribution in [0.15, 0.2) is 42.6 Å². The van der Waals surface area contributed by atoms with Crippen molar-refractivity contribution in [1.29, 1.82) is 0 Å². The Hall–Kier alpha value is -2.23. The molecule has 4 heteroatoms. The molecule has 0 radical (unpaired) electrons. The number of rotatable bonds is 4. The number of nitrogen functional groups attached to an aromatic ring is 1. The summed E-state index contributed by atoms with van der Waals surface area (Å²) in [5.74, 6) is 1.34. The van der Waals surface area contributed by atoms with Gasteiger partial charge in [0.2, 0.25) is 0 Å². The molecular weight excluding hydrogens is 214 g/mol. The number of nitrogens with one attached hydrogen (secondary N) is 1. The number of nitrogens with zero attached hydrogens (tertiary/aromatic N) is 1. The minimum atomic E-state index is 0.496. The van der Waals surface area contributed by atoms with Crippen LogP contribution in [0.5, 0.6) is 5.75 Å². The van der Waals surface area contributed by atoms with Crippen LogP contribution in [-0.2, 0) is 0 Å². The van der Waals surface area contributed by atoms with Gasteiger partial charge < -0.3 is 15.8 Å². The van der Waals surface area contributed by atoms with Crippen molar-refractivity contribution in [2.45, 2.75) is 6.92 Å². The molecule has 88 valence electrons. The van der Waals surface area contributed by atoms with Gasteiger partial charge in [0.25, 0.3) is 0 Å². The van der Waals surface area contributed by atoms with Gasteiger partial charge in [-0.3, -0.25) is 0 Å². The normalized spacial score (nSPS) is 9.94. The van der Waals surface area contributed by atoms with E-state index in [-0.39, 0.29) is 0 Å². The summed E-state index contributed by atoms with van der Waals surface area (Å²) in [6, 6.07) is 11.4. The Bertz CT molecular complexity index is 500. The molecule has 0 amide bonds. The summed E-state index contributed by atoms with van der Waals surface area (Å²) >= 11 is 0. The molecule has 0 spiro atoms. The number of aromatic nitrogens is 1. The molecule has 0 saturated carbocycles. The lowest BCUT2D eigenvalue weighted by atomic mass is 10.3. The molecule has 4 nitrogen and oxygen atoms in total. The van der Waals surface area contributed by atoms with Gasteiger partial charge >= 0.3 is 0 Å². The second-order valence-electron chi connectivity index (χ2n) is 3.56. The van der Waals surface area contributed by atoms with Crippen LogP contribution >= 0.6 is 0 Å². The Kier molecular flexibility index (Phi) is 3.45. The highest BCUT2D eigenvalue weighted by Crippen LogP contribution is 2.21. The van der Waals surface area contributed by atoms with Crippen LogP contribution in [0.4, 0.5) is 17.2 Å². The van der Waals surface area contributed by atoms with Gasteiger partial charge in [-0.2, -0.15) is 0 Å². The summed E-state index contributed by atoms with van der Waals surface area (Å²) < 4.78 is 5.43. The lowest BCUT2D eigenvalue weighted by Crippen LogP contribution is -1.95. The number of nitrogens with two attached hydrogens (primary N) is 1. The Morgan fingerprint density at radius 2 is 2.06 bits per heavy atom.